The molecule has 0 heterocycles. The first-order valence-corrected chi connectivity index (χ1v) is 5.64. The summed E-state index contributed by atoms with van der Waals surface area (Å²) in [6, 6.07) is 2.87. The van der Waals surface area contributed by atoms with Crippen LogP contribution >= 0.6 is 0 Å². The molecule has 1 atom stereocenters. The fraction of sp³-hybridized carbons (Fsp3) is 0.385. The van der Waals surface area contributed by atoms with Gasteiger partial charge in [-0.2, -0.15) is 0 Å². The molecule has 0 bridgehead atoms. The average Bonchev–Trinajstić information content (AvgIpc) is 2.37. The summed E-state index contributed by atoms with van der Waals surface area (Å²) in [4.78, 5) is 22.8. The maximum atomic E-state index is 13.5. The first-order chi connectivity index (χ1) is 8.49. The van der Waals surface area contributed by atoms with Crippen LogP contribution in [0, 0.1) is 11.6 Å². The number of rotatable bonds is 6. The number of alkyl halides is 1. The maximum Gasteiger partial charge on any atom is 0.220 e. The van der Waals surface area contributed by atoms with E-state index in [4.69, 9.17) is 0 Å². The third-order valence-electron chi connectivity index (χ3n) is 2.51. The van der Waals surface area contributed by atoms with Gasteiger partial charge in [0.15, 0.2) is 17.4 Å². The van der Waals surface area contributed by atoms with Crippen LogP contribution in [-0.4, -0.2) is 17.7 Å². The van der Waals surface area contributed by atoms with Gasteiger partial charge in [0.2, 0.25) is 12.0 Å². The van der Waals surface area contributed by atoms with E-state index >= 15 is 0 Å². The predicted molar refractivity (Wildman–Crippen MR) is 60.1 cm³/mol. The van der Waals surface area contributed by atoms with E-state index in [9.17, 15) is 22.8 Å². The van der Waals surface area contributed by atoms with Crippen LogP contribution in [0.25, 0.3) is 0 Å². The molecule has 1 aromatic carbocycles. The molecule has 0 aromatic heterocycles. The van der Waals surface area contributed by atoms with Crippen LogP contribution < -0.4 is 0 Å². The topological polar surface area (TPSA) is 34.1 Å². The highest BCUT2D eigenvalue weighted by atomic mass is 19.2. The van der Waals surface area contributed by atoms with Gasteiger partial charge >= 0.3 is 0 Å². The van der Waals surface area contributed by atoms with Crippen molar-refractivity contribution in [3.63, 3.8) is 0 Å². The van der Waals surface area contributed by atoms with Crippen molar-refractivity contribution in [2.24, 2.45) is 0 Å². The Kier molecular flexibility index (Phi) is 5.07. The van der Waals surface area contributed by atoms with E-state index in [1.165, 1.54) is 0 Å². The lowest BCUT2D eigenvalue weighted by atomic mass is 10.0. The number of carbonyl (C=O) groups excluding carboxylic acids is 2. The van der Waals surface area contributed by atoms with Crippen molar-refractivity contribution in [1.29, 1.82) is 0 Å². The summed E-state index contributed by atoms with van der Waals surface area (Å²) in [6.07, 6.45) is -1.37. The van der Waals surface area contributed by atoms with Gasteiger partial charge in [-0.1, -0.05) is 19.4 Å². The predicted octanol–water partition coefficient (Wildman–Crippen LogP) is 3.24. The second-order valence-electron chi connectivity index (χ2n) is 3.90. The SMILES string of the molecule is CCCCC(=O)C(F)C(=O)c1cccc(F)c1F. The summed E-state index contributed by atoms with van der Waals surface area (Å²) >= 11 is 0. The molecule has 0 aliphatic carbocycles. The van der Waals surface area contributed by atoms with Crippen LogP contribution in [0.2, 0.25) is 0 Å². The molecule has 98 valence electrons. The minimum atomic E-state index is -2.42. The third-order valence-corrected chi connectivity index (χ3v) is 2.51. The van der Waals surface area contributed by atoms with Gasteiger partial charge in [0, 0.05) is 6.42 Å². The van der Waals surface area contributed by atoms with Crippen molar-refractivity contribution >= 4 is 11.6 Å². The minimum Gasteiger partial charge on any atom is -0.296 e. The number of Topliss-reactive ketones (excluding diaryl/α,β-unsaturated/α-hetero) is 2. The first kappa shape index (κ1) is 14.4. The molecule has 0 amide bonds. The van der Waals surface area contributed by atoms with Gasteiger partial charge < -0.3 is 0 Å². The first-order valence-electron chi connectivity index (χ1n) is 5.64. The molecule has 1 aromatic rings. The van der Waals surface area contributed by atoms with Crippen LogP contribution in [0.5, 0.6) is 0 Å². The molecule has 5 heteroatoms. The smallest absolute Gasteiger partial charge is 0.220 e. The second kappa shape index (κ2) is 6.33. The monoisotopic (exact) mass is 258 g/mol. The minimum absolute atomic E-state index is 0.0830. The summed E-state index contributed by atoms with van der Waals surface area (Å²) in [5.41, 5.74) is -0.729. The van der Waals surface area contributed by atoms with Gasteiger partial charge in [-0.3, -0.25) is 9.59 Å². The molecular weight excluding hydrogens is 245 g/mol. The summed E-state index contributed by atoms with van der Waals surface area (Å²) < 4.78 is 39.6. The Morgan fingerprint density at radius 1 is 1.28 bits per heavy atom. The molecule has 0 fully saturated rings. The normalized spacial score (nSPS) is 12.2. The van der Waals surface area contributed by atoms with Gasteiger partial charge in [0.25, 0.3) is 0 Å². The number of hydrogen-bond donors (Lipinski definition) is 0. The van der Waals surface area contributed by atoms with Gasteiger partial charge in [-0.15, -0.1) is 0 Å². The van der Waals surface area contributed by atoms with Gasteiger partial charge in [0.1, 0.15) is 0 Å². The zero-order chi connectivity index (χ0) is 13.7. The Morgan fingerprint density at radius 3 is 2.56 bits per heavy atom. The zero-order valence-corrected chi connectivity index (χ0v) is 9.88. The summed E-state index contributed by atoms with van der Waals surface area (Å²) in [5.74, 6) is -4.89. The number of carbonyl (C=O) groups is 2. The summed E-state index contributed by atoms with van der Waals surface area (Å²) in [6.45, 7) is 1.81. The lowest BCUT2D eigenvalue weighted by Crippen LogP contribution is -2.26. The lowest BCUT2D eigenvalue weighted by Gasteiger charge is -2.07. The molecule has 0 aliphatic rings. The molecule has 0 N–H and O–H groups in total. The fourth-order valence-corrected chi connectivity index (χ4v) is 1.45. The van der Waals surface area contributed by atoms with Crippen molar-refractivity contribution < 1.29 is 22.8 Å². The standard InChI is InChI=1S/C13H13F3O2/c1-2-3-7-10(17)12(16)13(18)8-5-4-6-9(14)11(8)15/h4-6,12H,2-3,7H2,1H3. The largest absolute Gasteiger partial charge is 0.296 e. The van der Waals surface area contributed by atoms with Crippen molar-refractivity contribution in [3.8, 4) is 0 Å². The Bertz CT molecular complexity index is 458. The van der Waals surface area contributed by atoms with E-state index in [1.807, 2.05) is 6.92 Å². The highest BCUT2D eigenvalue weighted by Gasteiger charge is 2.29. The molecule has 1 unspecified atom stereocenters. The molecule has 0 saturated heterocycles. The Morgan fingerprint density at radius 2 is 1.94 bits per heavy atom. The van der Waals surface area contributed by atoms with Crippen LogP contribution in [0.15, 0.2) is 18.2 Å². The molecular formula is C13H13F3O2. The van der Waals surface area contributed by atoms with Crippen molar-refractivity contribution in [2.75, 3.05) is 0 Å². The highest BCUT2D eigenvalue weighted by molar-refractivity contribution is 6.13. The van der Waals surface area contributed by atoms with Gasteiger partial charge in [-0.25, -0.2) is 13.2 Å². The number of halogens is 3. The number of ketones is 2. The number of unbranched alkanes of at least 4 members (excludes halogenated alkanes) is 1. The Balaban J connectivity index is 2.87. The molecule has 2 nitrogen and oxygen atoms in total. The van der Waals surface area contributed by atoms with E-state index in [0.29, 0.717) is 12.8 Å². The molecule has 0 radical (unpaired) electrons. The van der Waals surface area contributed by atoms with Crippen LogP contribution in [0.1, 0.15) is 36.5 Å². The van der Waals surface area contributed by atoms with Crippen molar-refractivity contribution in [2.45, 2.75) is 32.4 Å². The fourth-order valence-electron chi connectivity index (χ4n) is 1.45. The van der Waals surface area contributed by atoms with Crippen LogP contribution in [0.3, 0.4) is 0 Å². The quantitative estimate of drug-likeness (QED) is 0.579. The molecule has 18 heavy (non-hydrogen) atoms. The van der Waals surface area contributed by atoms with E-state index in [-0.39, 0.29) is 6.42 Å². The molecule has 0 aliphatic heterocycles. The average molecular weight is 258 g/mol. The molecule has 0 spiro atoms. The zero-order valence-electron chi connectivity index (χ0n) is 9.88. The highest BCUT2D eigenvalue weighted by Crippen LogP contribution is 2.16. The van der Waals surface area contributed by atoms with Gasteiger partial charge in [-0.05, 0) is 18.6 Å². The number of hydrogen-bond acceptors (Lipinski definition) is 2. The summed E-state index contributed by atoms with van der Waals surface area (Å²) in [5, 5.41) is 0. The second-order valence-corrected chi connectivity index (χ2v) is 3.90. The van der Waals surface area contributed by atoms with E-state index in [0.717, 1.165) is 18.2 Å². The van der Waals surface area contributed by atoms with Crippen molar-refractivity contribution in [1.82, 2.24) is 0 Å². The van der Waals surface area contributed by atoms with Crippen molar-refractivity contribution in [3.05, 3.63) is 35.4 Å². The maximum absolute atomic E-state index is 13.5. The Labute approximate surface area is 103 Å². The lowest BCUT2D eigenvalue weighted by molar-refractivity contribution is -0.122. The number of benzene rings is 1. The van der Waals surface area contributed by atoms with E-state index in [2.05, 4.69) is 0 Å². The molecule has 1 rings (SSSR count). The van der Waals surface area contributed by atoms with E-state index in [1.54, 1.807) is 0 Å². The van der Waals surface area contributed by atoms with E-state index < -0.39 is 34.9 Å². The Hall–Kier alpha value is -1.65. The van der Waals surface area contributed by atoms with Gasteiger partial charge in [0.05, 0.1) is 5.56 Å². The third kappa shape index (κ3) is 3.18. The molecule has 0 saturated carbocycles. The van der Waals surface area contributed by atoms with Crippen LogP contribution in [-0.2, 0) is 4.79 Å². The van der Waals surface area contributed by atoms with Crippen LogP contribution in [0.4, 0.5) is 13.2 Å². The summed E-state index contributed by atoms with van der Waals surface area (Å²) in [7, 11) is 0.